The van der Waals surface area contributed by atoms with Gasteiger partial charge in [0.15, 0.2) is 5.58 Å². The van der Waals surface area contributed by atoms with E-state index in [0.29, 0.717) is 17.9 Å². The van der Waals surface area contributed by atoms with Crippen LogP contribution in [0, 0.1) is 0 Å². The number of nitrogens with zero attached hydrogens (tertiary/aromatic N) is 1. The molecular weight excluding hydrogens is 206 g/mol. The number of benzene rings is 1. The molecule has 0 aliphatic rings. The number of aromatic nitrogens is 1. The molecule has 0 bridgehead atoms. The Balaban J connectivity index is 2.41. The summed E-state index contributed by atoms with van der Waals surface area (Å²) in [6, 6.07) is 7.44. The molecule has 4 heteroatoms. The first kappa shape index (κ1) is 10.7. The summed E-state index contributed by atoms with van der Waals surface area (Å²) < 4.78 is 10.2. The predicted octanol–water partition coefficient (Wildman–Crippen LogP) is 2.49. The van der Waals surface area contributed by atoms with Crippen LogP contribution in [-0.4, -0.2) is 18.1 Å². The van der Waals surface area contributed by atoms with Gasteiger partial charge < -0.3 is 9.15 Å². The maximum atomic E-state index is 11.5. The molecule has 0 spiro atoms. The molecule has 0 saturated heterocycles. The molecular formula is C12H13NO3. The van der Waals surface area contributed by atoms with Crippen molar-refractivity contribution in [2.45, 2.75) is 19.3 Å². The average Bonchev–Trinajstić information content (AvgIpc) is 2.72. The Hall–Kier alpha value is -1.84. The number of methoxy groups -OCH3 is 1. The standard InChI is InChI=1S/C12H13NO3/c1-3-8(12(14)15-2)11-13-9-6-4-5-7-10(9)16-11/h4-8H,3H2,1-2H3. The molecule has 0 amide bonds. The summed E-state index contributed by atoms with van der Waals surface area (Å²) >= 11 is 0. The Kier molecular flexibility index (Phi) is 2.90. The molecule has 16 heavy (non-hydrogen) atoms. The van der Waals surface area contributed by atoms with E-state index in [1.807, 2.05) is 31.2 Å². The van der Waals surface area contributed by atoms with Crippen LogP contribution in [0.5, 0.6) is 0 Å². The lowest BCUT2D eigenvalue weighted by molar-refractivity contribution is -0.143. The highest BCUT2D eigenvalue weighted by Gasteiger charge is 2.24. The lowest BCUT2D eigenvalue weighted by atomic mass is 10.1. The van der Waals surface area contributed by atoms with Crippen LogP contribution in [-0.2, 0) is 9.53 Å². The van der Waals surface area contributed by atoms with Crippen LogP contribution in [0.4, 0.5) is 0 Å². The SMILES string of the molecule is CCC(C(=O)OC)c1nc2ccccc2o1. The summed E-state index contributed by atoms with van der Waals surface area (Å²) in [5, 5.41) is 0. The first-order valence-corrected chi connectivity index (χ1v) is 5.19. The van der Waals surface area contributed by atoms with Gasteiger partial charge in [-0.2, -0.15) is 0 Å². The van der Waals surface area contributed by atoms with E-state index < -0.39 is 5.92 Å². The van der Waals surface area contributed by atoms with Gasteiger partial charge in [0.05, 0.1) is 7.11 Å². The van der Waals surface area contributed by atoms with Gasteiger partial charge in [0.1, 0.15) is 11.4 Å². The number of para-hydroxylation sites is 2. The van der Waals surface area contributed by atoms with Crippen LogP contribution >= 0.6 is 0 Å². The molecule has 0 saturated carbocycles. The number of carbonyl (C=O) groups excluding carboxylic acids is 1. The van der Waals surface area contributed by atoms with E-state index in [0.717, 1.165) is 5.52 Å². The van der Waals surface area contributed by atoms with Gasteiger partial charge >= 0.3 is 5.97 Å². The fourth-order valence-electron chi connectivity index (χ4n) is 1.62. The lowest BCUT2D eigenvalue weighted by Gasteiger charge is -2.06. The quantitative estimate of drug-likeness (QED) is 0.744. The molecule has 0 radical (unpaired) electrons. The van der Waals surface area contributed by atoms with Gasteiger partial charge in [-0.1, -0.05) is 19.1 Å². The molecule has 84 valence electrons. The molecule has 1 heterocycles. The zero-order chi connectivity index (χ0) is 11.5. The Morgan fingerprint density at radius 1 is 1.50 bits per heavy atom. The molecule has 0 fully saturated rings. The molecule has 4 nitrogen and oxygen atoms in total. The average molecular weight is 219 g/mol. The monoisotopic (exact) mass is 219 g/mol. The maximum Gasteiger partial charge on any atom is 0.318 e. The summed E-state index contributed by atoms with van der Waals surface area (Å²) in [5.41, 5.74) is 1.46. The van der Waals surface area contributed by atoms with Crippen molar-refractivity contribution in [3.63, 3.8) is 0 Å². The van der Waals surface area contributed by atoms with Crippen LogP contribution in [0.25, 0.3) is 11.1 Å². The number of hydrogen-bond acceptors (Lipinski definition) is 4. The van der Waals surface area contributed by atoms with E-state index >= 15 is 0 Å². The minimum atomic E-state index is -0.419. The van der Waals surface area contributed by atoms with Crippen molar-refractivity contribution >= 4 is 17.1 Å². The van der Waals surface area contributed by atoms with Crippen LogP contribution in [0.3, 0.4) is 0 Å². The van der Waals surface area contributed by atoms with Crippen LogP contribution < -0.4 is 0 Å². The summed E-state index contributed by atoms with van der Waals surface area (Å²) in [4.78, 5) is 15.8. The number of hydrogen-bond donors (Lipinski definition) is 0. The Labute approximate surface area is 93.2 Å². The van der Waals surface area contributed by atoms with Gasteiger partial charge in [-0.3, -0.25) is 4.79 Å². The van der Waals surface area contributed by atoms with Gasteiger partial charge in [0.2, 0.25) is 5.89 Å². The molecule has 2 rings (SSSR count). The summed E-state index contributed by atoms with van der Waals surface area (Å²) in [5.74, 6) is -0.304. The molecule has 0 aliphatic carbocycles. The molecule has 1 unspecified atom stereocenters. The second-order valence-electron chi connectivity index (χ2n) is 3.50. The van der Waals surface area contributed by atoms with Crippen molar-refractivity contribution in [3.05, 3.63) is 30.2 Å². The van der Waals surface area contributed by atoms with Gasteiger partial charge in [-0.25, -0.2) is 4.98 Å². The zero-order valence-corrected chi connectivity index (χ0v) is 9.27. The number of fused-ring (bicyclic) bond motifs is 1. The second kappa shape index (κ2) is 4.35. The smallest absolute Gasteiger partial charge is 0.318 e. The second-order valence-corrected chi connectivity index (χ2v) is 3.50. The van der Waals surface area contributed by atoms with Crippen molar-refractivity contribution < 1.29 is 13.9 Å². The molecule has 0 N–H and O–H groups in total. The lowest BCUT2D eigenvalue weighted by Crippen LogP contribution is -2.13. The van der Waals surface area contributed by atoms with Crippen LogP contribution in [0.15, 0.2) is 28.7 Å². The number of ether oxygens (including phenoxy) is 1. The van der Waals surface area contributed by atoms with Crippen molar-refractivity contribution in [3.8, 4) is 0 Å². The van der Waals surface area contributed by atoms with Gasteiger partial charge in [0.25, 0.3) is 0 Å². The van der Waals surface area contributed by atoms with Crippen LogP contribution in [0.1, 0.15) is 25.2 Å². The summed E-state index contributed by atoms with van der Waals surface area (Å²) in [7, 11) is 1.37. The van der Waals surface area contributed by atoms with Gasteiger partial charge in [-0.05, 0) is 18.6 Å². The van der Waals surface area contributed by atoms with Crippen molar-refractivity contribution in [1.29, 1.82) is 0 Å². The molecule has 1 aromatic heterocycles. The van der Waals surface area contributed by atoms with E-state index in [-0.39, 0.29) is 5.97 Å². The van der Waals surface area contributed by atoms with Gasteiger partial charge in [0, 0.05) is 0 Å². The molecule has 0 aliphatic heterocycles. The van der Waals surface area contributed by atoms with E-state index in [1.54, 1.807) is 0 Å². The molecule has 2 aromatic rings. The minimum absolute atomic E-state index is 0.311. The van der Waals surface area contributed by atoms with Crippen molar-refractivity contribution in [2.24, 2.45) is 0 Å². The van der Waals surface area contributed by atoms with Crippen molar-refractivity contribution in [1.82, 2.24) is 4.98 Å². The van der Waals surface area contributed by atoms with Gasteiger partial charge in [-0.15, -0.1) is 0 Å². The fourth-order valence-corrected chi connectivity index (χ4v) is 1.62. The van der Waals surface area contributed by atoms with E-state index in [9.17, 15) is 4.79 Å². The maximum absolute atomic E-state index is 11.5. The summed E-state index contributed by atoms with van der Waals surface area (Å²) in [6.45, 7) is 1.90. The highest BCUT2D eigenvalue weighted by Crippen LogP contribution is 2.24. The Morgan fingerprint density at radius 2 is 2.25 bits per heavy atom. The third kappa shape index (κ3) is 1.78. The highest BCUT2D eigenvalue weighted by molar-refractivity contribution is 5.79. The number of esters is 1. The third-order valence-electron chi connectivity index (χ3n) is 2.50. The van der Waals surface area contributed by atoms with Crippen LogP contribution in [0.2, 0.25) is 0 Å². The van der Waals surface area contributed by atoms with Crippen molar-refractivity contribution in [2.75, 3.05) is 7.11 Å². The molecule has 1 aromatic carbocycles. The topological polar surface area (TPSA) is 52.3 Å². The first-order chi connectivity index (χ1) is 7.76. The normalized spacial score (nSPS) is 12.6. The number of carbonyl (C=O) groups is 1. The number of oxazole rings is 1. The minimum Gasteiger partial charge on any atom is -0.468 e. The highest BCUT2D eigenvalue weighted by atomic mass is 16.5. The zero-order valence-electron chi connectivity index (χ0n) is 9.27. The predicted molar refractivity (Wildman–Crippen MR) is 59.1 cm³/mol. The summed E-state index contributed by atoms with van der Waals surface area (Å²) in [6.07, 6.45) is 0.611. The number of rotatable bonds is 3. The largest absolute Gasteiger partial charge is 0.468 e. The molecule has 1 atom stereocenters. The van der Waals surface area contributed by atoms with E-state index in [4.69, 9.17) is 9.15 Å². The fraction of sp³-hybridized carbons (Fsp3) is 0.333. The third-order valence-corrected chi connectivity index (χ3v) is 2.50. The van der Waals surface area contributed by atoms with E-state index in [1.165, 1.54) is 7.11 Å². The Bertz CT molecular complexity index is 471. The Morgan fingerprint density at radius 3 is 2.88 bits per heavy atom. The first-order valence-electron chi connectivity index (χ1n) is 5.19. The van der Waals surface area contributed by atoms with E-state index in [2.05, 4.69) is 4.98 Å².